The minimum Gasteiger partial charge on any atom is -0.197 e. The van der Waals surface area contributed by atoms with Crippen molar-refractivity contribution in [2.45, 2.75) is 115 Å². The first-order chi connectivity index (χ1) is 32.3. The van der Waals surface area contributed by atoms with Crippen molar-refractivity contribution in [2.24, 2.45) is 21.7 Å². The first kappa shape index (κ1) is 45.3. The molecule has 1 spiro atoms. The number of thiophene rings is 4. The van der Waals surface area contributed by atoms with Crippen LogP contribution in [0, 0.1) is 21.7 Å². The molecule has 0 radical (unpaired) electrons. The van der Waals surface area contributed by atoms with Gasteiger partial charge in [-0.1, -0.05) is 92.2 Å². The third kappa shape index (κ3) is 6.73. The fourth-order valence-corrected chi connectivity index (χ4v) is 16.5. The SMILES string of the molecule is CC(C)(C)Cc1ccc(C2=CC3=[N+]4C2=C(F)c2cc(-c5ccc(CC(C)(C)C)s5)c5n2C42n4c(cc(-c6ccc(CC(C)(C)C)s6)c4=C3F)=C(F)C3=[N+]2C(=C5F)C=C3c2ccc(CC(C)(C)C)s2)s1. The lowest BCUT2D eigenvalue weighted by Gasteiger charge is -2.38. The van der Waals surface area contributed by atoms with Crippen LogP contribution in [0.25, 0.3) is 55.3 Å². The molecule has 69 heavy (non-hydrogen) atoms. The lowest BCUT2D eigenvalue weighted by atomic mass is 9.91. The molecule has 1 unspecified atom stereocenters. The number of halogens is 4. The number of rotatable bonds is 8. The molecule has 6 aromatic heterocycles. The summed E-state index contributed by atoms with van der Waals surface area (Å²) in [6.07, 6.45) is 6.80. The summed E-state index contributed by atoms with van der Waals surface area (Å²) in [5.74, 6) is -4.12. The van der Waals surface area contributed by atoms with Gasteiger partial charge in [-0.3, -0.25) is 0 Å². The third-order valence-corrected chi connectivity index (χ3v) is 17.9. The van der Waals surface area contributed by atoms with Crippen LogP contribution >= 0.6 is 45.3 Å². The molecular weight excluding hydrogens is 945 g/mol. The van der Waals surface area contributed by atoms with E-state index in [0.29, 0.717) is 22.3 Å². The molecule has 0 fully saturated rings. The van der Waals surface area contributed by atoms with Crippen molar-refractivity contribution in [2.75, 3.05) is 0 Å². The van der Waals surface area contributed by atoms with Crippen molar-refractivity contribution in [3.05, 3.63) is 136 Å². The van der Waals surface area contributed by atoms with E-state index in [1.54, 1.807) is 87.9 Å². The Morgan fingerprint density at radius 3 is 1.49 bits per heavy atom. The molecule has 12 heterocycles. The van der Waals surface area contributed by atoms with Crippen molar-refractivity contribution in [1.82, 2.24) is 9.13 Å². The molecular formula is C57H56F4N4S4+2. The fraction of sp³-hybridized carbons (Fsp3) is 0.368. The maximum Gasteiger partial charge on any atom is 0.554 e. The molecule has 0 amide bonds. The maximum atomic E-state index is 18.5. The molecule has 12 heteroatoms. The average Bonchev–Trinajstić information content (AvgIpc) is 4.07. The summed E-state index contributed by atoms with van der Waals surface area (Å²) in [4.78, 5) is 7.73. The van der Waals surface area contributed by atoms with E-state index in [9.17, 15) is 0 Å². The second-order valence-electron chi connectivity index (χ2n) is 24.4. The molecule has 0 saturated carbocycles. The van der Waals surface area contributed by atoms with Crippen LogP contribution in [0.15, 0.2) is 84.2 Å². The lowest BCUT2D eigenvalue weighted by Crippen LogP contribution is -2.71. The summed E-state index contributed by atoms with van der Waals surface area (Å²) >= 11 is 6.32. The zero-order chi connectivity index (χ0) is 48.8. The molecule has 0 aliphatic carbocycles. The van der Waals surface area contributed by atoms with Gasteiger partial charge in [0.15, 0.2) is 0 Å². The molecule has 0 bridgehead atoms. The highest BCUT2D eigenvalue weighted by molar-refractivity contribution is 7.16. The zero-order valence-electron chi connectivity index (χ0n) is 41.2. The number of nitrogens with zero attached hydrogens (tertiary/aromatic N) is 4. The van der Waals surface area contributed by atoms with Gasteiger partial charge in [0.2, 0.25) is 23.3 Å². The Morgan fingerprint density at radius 1 is 0.493 bits per heavy atom. The van der Waals surface area contributed by atoms with Crippen molar-refractivity contribution in [1.29, 1.82) is 0 Å². The fourth-order valence-electron chi connectivity index (χ4n) is 11.2. The molecule has 6 aromatic rings. The second-order valence-corrected chi connectivity index (χ2v) is 29.1. The van der Waals surface area contributed by atoms with Crippen molar-refractivity contribution >= 4 is 91.2 Å². The number of hydrogen-bond donors (Lipinski definition) is 0. The smallest absolute Gasteiger partial charge is 0.197 e. The Balaban J connectivity index is 1.22. The van der Waals surface area contributed by atoms with E-state index in [-0.39, 0.29) is 66.6 Å². The quantitative estimate of drug-likeness (QED) is 0.107. The van der Waals surface area contributed by atoms with E-state index >= 15 is 17.6 Å². The highest BCUT2D eigenvalue weighted by Crippen LogP contribution is 2.58. The highest BCUT2D eigenvalue weighted by atomic mass is 32.1. The highest BCUT2D eigenvalue weighted by Gasteiger charge is 2.76. The number of hydrogen-bond acceptors (Lipinski definition) is 4. The third-order valence-electron chi connectivity index (χ3n) is 13.5. The van der Waals surface area contributed by atoms with E-state index in [1.165, 1.54) is 0 Å². The molecule has 0 saturated heterocycles. The summed E-state index contributed by atoms with van der Waals surface area (Å²) in [5.41, 5.74) is 3.18. The van der Waals surface area contributed by atoms with Gasteiger partial charge in [-0.15, -0.1) is 45.3 Å². The Kier molecular flexibility index (Phi) is 9.59. The van der Waals surface area contributed by atoms with Gasteiger partial charge < -0.3 is 0 Å². The number of aromatic nitrogens is 2. The summed E-state index contributed by atoms with van der Waals surface area (Å²) in [6.45, 7) is 26.3. The second kappa shape index (κ2) is 14.6. The van der Waals surface area contributed by atoms with E-state index in [0.717, 1.165) is 64.7 Å². The standard InChI is InChI=1S/C57H56F4N4S4/c1-53(2,3)25-29-13-17-41(66-29)33-21-37-46(59)50-35(43-19-15-31(68-43)27-55(7,8)9)23-39-48(61)52-36(44-20-16-32(69-44)28-56(10,11)12)24-40-47(60)51-34(42-18-14-30(67-42)26-54(4,5)6)22-38-45(58)49(33)62(37)57(63(38)51,64(39)50)65(40)52/h13-24H,25-28H2,1-12H3/q+2. The van der Waals surface area contributed by atoms with Crippen LogP contribution in [-0.4, -0.2) is 29.7 Å². The topological polar surface area (TPSA) is 15.9 Å². The van der Waals surface area contributed by atoms with Gasteiger partial charge >= 0.3 is 5.91 Å². The maximum absolute atomic E-state index is 18.5. The average molecular weight is 1000 g/mol. The van der Waals surface area contributed by atoms with Gasteiger partial charge in [0.25, 0.3) is 22.8 Å². The Hall–Kier alpha value is -4.88. The summed E-state index contributed by atoms with van der Waals surface area (Å²) < 4.78 is 81.1. The van der Waals surface area contributed by atoms with Crippen LogP contribution in [0.3, 0.4) is 0 Å². The monoisotopic (exact) mass is 1000 g/mol. The number of allylic oxidation sites excluding steroid dienone is 4. The van der Waals surface area contributed by atoms with E-state index in [4.69, 9.17) is 0 Å². The Morgan fingerprint density at radius 2 is 0.971 bits per heavy atom. The Labute approximate surface area is 417 Å². The van der Waals surface area contributed by atoms with E-state index in [2.05, 4.69) is 107 Å². The van der Waals surface area contributed by atoms with E-state index < -0.39 is 29.2 Å². The predicted octanol–water partition coefficient (Wildman–Crippen LogP) is 14.9. The minimum absolute atomic E-state index is 0.0000140. The predicted molar refractivity (Wildman–Crippen MR) is 281 cm³/mol. The summed E-state index contributed by atoms with van der Waals surface area (Å²) in [5, 5.41) is 0.337. The zero-order valence-corrected chi connectivity index (χ0v) is 44.5. The van der Waals surface area contributed by atoms with Gasteiger partial charge in [-0.2, -0.15) is 26.7 Å². The normalized spacial score (nSPS) is 19.5. The van der Waals surface area contributed by atoms with Gasteiger partial charge in [-0.05, 0) is 108 Å². The molecule has 354 valence electrons. The molecule has 4 nitrogen and oxygen atoms in total. The van der Waals surface area contributed by atoms with Crippen LogP contribution < -0.4 is 10.7 Å². The van der Waals surface area contributed by atoms with Gasteiger partial charge in [0.1, 0.15) is 22.1 Å². The Bertz CT molecular complexity index is 3640. The minimum atomic E-state index is -1.76. The van der Waals surface area contributed by atoms with Crippen molar-refractivity contribution in [3.63, 3.8) is 0 Å². The summed E-state index contributed by atoms with van der Waals surface area (Å²) in [6, 6.07) is 20.0. The first-order valence-electron chi connectivity index (χ1n) is 23.9. The van der Waals surface area contributed by atoms with Gasteiger partial charge in [-0.25, -0.2) is 0 Å². The van der Waals surface area contributed by atoms with Crippen LogP contribution in [0.5, 0.6) is 0 Å². The molecule has 6 aliphatic heterocycles. The largest absolute Gasteiger partial charge is 0.554 e. The molecule has 0 aromatic carbocycles. The molecule has 6 aliphatic rings. The van der Waals surface area contributed by atoms with Crippen LogP contribution in [0.2, 0.25) is 0 Å². The van der Waals surface area contributed by atoms with Gasteiger partial charge in [0, 0.05) is 62.3 Å². The van der Waals surface area contributed by atoms with Crippen LogP contribution in [0.1, 0.15) is 124 Å². The van der Waals surface area contributed by atoms with Crippen molar-refractivity contribution in [3.8, 4) is 20.9 Å². The molecule has 0 N–H and O–H groups in total. The van der Waals surface area contributed by atoms with E-state index in [1.807, 2.05) is 24.3 Å². The summed E-state index contributed by atoms with van der Waals surface area (Å²) in [7, 11) is 0. The molecule has 12 rings (SSSR count). The van der Waals surface area contributed by atoms with Crippen LogP contribution in [-0.2, 0) is 31.6 Å². The van der Waals surface area contributed by atoms with Crippen LogP contribution in [0.4, 0.5) is 17.6 Å². The molecule has 1 atom stereocenters. The lowest BCUT2D eigenvalue weighted by molar-refractivity contribution is -0.834. The van der Waals surface area contributed by atoms with Gasteiger partial charge in [0.05, 0.1) is 11.1 Å². The first-order valence-corrected chi connectivity index (χ1v) is 27.1. The van der Waals surface area contributed by atoms with Crippen molar-refractivity contribution < 1.29 is 26.7 Å².